The van der Waals surface area contributed by atoms with Gasteiger partial charge in [0.1, 0.15) is 0 Å². The second-order valence-electron chi connectivity index (χ2n) is 5.39. The van der Waals surface area contributed by atoms with Crippen molar-refractivity contribution in [2.45, 2.75) is 19.9 Å². The fourth-order valence-corrected chi connectivity index (χ4v) is 3.50. The molecule has 118 valence electrons. The maximum absolute atomic E-state index is 11.6. The monoisotopic (exact) mass is 312 g/mol. The first-order valence-electron chi connectivity index (χ1n) is 7.40. The molecule has 0 saturated carbocycles. The Hall–Kier alpha value is -1.27. The van der Waals surface area contributed by atoms with Gasteiger partial charge in [-0.2, -0.15) is 0 Å². The van der Waals surface area contributed by atoms with Gasteiger partial charge in [-0.25, -0.2) is 8.42 Å². The van der Waals surface area contributed by atoms with Crippen LogP contribution in [0, 0.1) is 0 Å². The zero-order valence-corrected chi connectivity index (χ0v) is 13.5. The molecular weight excluding hydrogens is 288 g/mol. The van der Waals surface area contributed by atoms with E-state index in [2.05, 4.69) is 22.3 Å². The number of morpholine rings is 1. The molecule has 1 fully saturated rings. The normalized spacial score (nSPS) is 17.5. The fraction of sp³-hybridized carbons (Fsp3) is 0.600. The molecule has 1 aromatic rings. The highest BCUT2D eigenvalue weighted by Gasteiger charge is 2.14. The van der Waals surface area contributed by atoms with Crippen LogP contribution in [0.4, 0.5) is 11.4 Å². The molecule has 0 aliphatic carbocycles. The van der Waals surface area contributed by atoms with E-state index in [0.29, 0.717) is 0 Å². The van der Waals surface area contributed by atoms with Crippen molar-refractivity contribution in [3.8, 4) is 0 Å². The molecule has 1 heterocycles. The van der Waals surface area contributed by atoms with E-state index in [0.717, 1.165) is 32.0 Å². The zero-order valence-electron chi connectivity index (χ0n) is 12.7. The lowest BCUT2D eigenvalue weighted by Gasteiger charge is -2.29. The Morgan fingerprint density at radius 1 is 1.24 bits per heavy atom. The number of anilines is 2. The summed E-state index contributed by atoms with van der Waals surface area (Å²) in [6.45, 7) is 6.94. The van der Waals surface area contributed by atoms with E-state index in [-0.39, 0.29) is 17.5 Å². The van der Waals surface area contributed by atoms with E-state index in [1.807, 2.05) is 19.1 Å². The minimum atomic E-state index is -2.95. The molecule has 1 unspecified atom stereocenters. The first-order valence-corrected chi connectivity index (χ1v) is 9.22. The first kappa shape index (κ1) is 16.1. The minimum absolute atomic E-state index is 0.0933. The number of hydrogen-bond donors (Lipinski definition) is 1. The average molecular weight is 312 g/mol. The molecule has 1 saturated heterocycles. The van der Waals surface area contributed by atoms with Gasteiger partial charge in [0.15, 0.2) is 9.84 Å². The molecule has 5 nitrogen and oxygen atoms in total. The van der Waals surface area contributed by atoms with Crippen molar-refractivity contribution in [1.82, 2.24) is 0 Å². The van der Waals surface area contributed by atoms with E-state index in [1.165, 1.54) is 5.69 Å². The molecule has 0 radical (unpaired) electrons. The number of benzene rings is 1. The lowest BCUT2D eigenvalue weighted by molar-refractivity contribution is 0.122. The van der Waals surface area contributed by atoms with Gasteiger partial charge in [0.05, 0.1) is 19.0 Å². The second kappa shape index (κ2) is 7.13. The molecule has 2 rings (SSSR count). The topological polar surface area (TPSA) is 58.6 Å². The zero-order chi connectivity index (χ0) is 15.3. The van der Waals surface area contributed by atoms with Crippen LogP contribution in [-0.2, 0) is 14.6 Å². The van der Waals surface area contributed by atoms with E-state index < -0.39 is 9.84 Å². The van der Waals surface area contributed by atoms with Crippen LogP contribution in [0.15, 0.2) is 24.3 Å². The molecule has 0 spiro atoms. The molecule has 1 aliphatic heterocycles. The van der Waals surface area contributed by atoms with Gasteiger partial charge in [-0.1, -0.05) is 6.92 Å². The molecule has 0 aromatic heterocycles. The number of rotatable bonds is 6. The van der Waals surface area contributed by atoms with Crippen LogP contribution < -0.4 is 10.2 Å². The van der Waals surface area contributed by atoms with Gasteiger partial charge in [-0.15, -0.1) is 0 Å². The van der Waals surface area contributed by atoms with Crippen molar-refractivity contribution in [3.63, 3.8) is 0 Å². The van der Waals surface area contributed by atoms with Gasteiger partial charge in [0.25, 0.3) is 0 Å². The van der Waals surface area contributed by atoms with Crippen LogP contribution in [0.2, 0.25) is 0 Å². The average Bonchev–Trinajstić information content (AvgIpc) is 2.48. The summed E-state index contributed by atoms with van der Waals surface area (Å²) < 4.78 is 28.5. The van der Waals surface area contributed by atoms with Gasteiger partial charge >= 0.3 is 0 Å². The van der Waals surface area contributed by atoms with Crippen molar-refractivity contribution >= 4 is 21.2 Å². The Labute approximate surface area is 127 Å². The number of hydrogen-bond acceptors (Lipinski definition) is 5. The van der Waals surface area contributed by atoms with E-state index in [1.54, 1.807) is 6.92 Å². The Bertz CT molecular complexity index is 537. The second-order valence-corrected chi connectivity index (χ2v) is 7.79. The SMILES string of the molecule is CCS(=O)(=O)CC(C)Nc1ccc(N2CCOCC2)cc1. The Balaban J connectivity index is 1.92. The lowest BCUT2D eigenvalue weighted by atomic mass is 10.2. The summed E-state index contributed by atoms with van der Waals surface area (Å²) >= 11 is 0. The highest BCUT2D eigenvalue weighted by atomic mass is 32.2. The van der Waals surface area contributed by atoms with Gasteiger partial charge in [-0.05, 0) is 31.2 Å². The van der Waals surface area contributed by atoms with Gasteiger partial charge in [0.2, 0.25) is 0 Å². The quantitative estimate of drug-likeness (QED) is 0.867. The van der Waals surface area contributed by atoms with E-state index in [4.69, 9.17) is 4.74 Å². The van der Waals surface area contributed by atoms with Crippen LogP contribution >= 0.6 is 0 Å². The van der Waals surface area contributed by atoms with Crippen molar-refractivity contribution < 1.29 is 13.2 Å². The Kier molecular flexibility index (Phi) is 5.47. The van der Waals surface area contributed by atoms with Crippen molar-refractivity contribution in [1.29, 1.82) is 0 Å². The largest absolute Gasteiger partial charge is 0.382 e. The van der Waals surface area contributed by atoms with Crippen LogP contribution in [0.3, 0.4) is 0 Å². The number of nitrogens with one attached hydrogen (secondary N) is 1. The third-order valence-corrected chi connectivity index (χ3v) is 5.49. The third-order valence-electron chi connectivity index (χ3n) is 3.60. The highest BCUT2D eigenvalue weighted by molar-refractivity contribution is 7.91. The third kappa shape index (κ3) is 4.89. The van der Waals surface area contributed by atoms with Gasteiger partial charge in [-0.3, -0.25) is 0 Å². The first-order chi connectivity index (χ1) is 10.00. The maximum atomic E-state index is 11.6. The van der Waals surface area contributed by atoms with Crippen molar-refractivity contribution in [2.75, 3.05) is 48.0 Å². The Morgan fingerprint density at radius 2 is 1.86 bits per heavy atom. The Morgan fingerprint density at radius 3 is 2.43 bits per heavy atom. The number of ether oxygens (including phenoxy) is 1. The van der Waals surface area contributed by atoms with Crippen molar-refractivity contribution in [3.05, 3.63) is 24.3 Å². The van der Waals surface area contributed by atoms with Crippen LogP contribution in [0.1, 0.15) is 13.8 Å². The lowest BCUT2D eigenvalue weighted by Crippen LogP contribution is -2.36. The predicted molar refractivity (Wildman–Crippen MR) is 86.9 cm³/mol. The summed E-state index contributed by atoms with van der Waals surface area (Å²) in [7, 11) is -2.95. The minimum Gasteiger partial charge on any atom is -0.382 e. The molecule has 21 heavy (non-hydrogen) atoms. The number of nitrogens with zero attached hydrogens (tertiary/aromatic N) is 1. The summed E-state index contributed by atoms with van der Waals surface area (Å²) in [4.78, 5) is 2.29. The van der Waals surface area contributed by atoms with E-state index in [9.17, 15) is 8.42 Å². The summed E-state index contributed by atoms with van der Waals surface area (Å²) in [5.74, 6) is 0.351. The number of sulfone groups is 1. The molecule has 1 aromatic carbocycles. The molecule has 0 amide bonds. The molecular formula is C15H24N2O3S. The summed E-state index contributed by atoms with van der Waals surface area (Å²) in [6.07, 6.45) is 0. The van der Waals surface area contributed by atoms with Crippen molar-refractivity contribution in [2.24, 2.45) is 0 Å². The maximum Gasteiger partial charge on any atom is 0.152 e. The summed E-state index contributed by atoms with van der Waals surface area (Å²) in [6, 6.07) is 8.03. The van der Waals surface area contributed by atoms with Gasteiger partial charge < -0.3 is 15.0 Å². The molecule has 1 N–H and O–H groups in total. The van der Waals surface area contributed by atoms with Crippen LogP contribution in [0.5, 0.6) is 0 Å². The van der Waals surface area contributed by atoms with Crippen LogP contribution in [-0.4, -0.2) is 52.3 Å². The molecule has 0 bridgehead atoms. The standard InChI is InChI=1S/C15H24N2O3S/c1-3-21(18,19)12-13(2)16-14-4-6-15(7-5-14)17-8-10-20-11-9-17/h4-7,13,16H,3,8-12H2,1-2H3. The predicted octanol–water partition coefficient (Wildman–Crippen LogP) is 1.76. The highest BCUT2D eigenvalue weighted by Crippen LogP contribution is 2.19. The summed E-state index contributed by atoms with van der Waals surface area (Å²) in [5, 5.41) is 3.24. The molecule has 1 atom stereocenters. The van der Waals surface area contributed by atoms with Crippen LogP contribution in [0.25, 0.3) is 0 Å². The fourth-order valence-electron chi connectivity index (χ4n) is 2.41. The van der Waals surface area contributed by atoms with Gasteiger partial charge in [0, 0.05) is 36.3 Å². The van der Waals surface area contributed by atoms with E-state index >= 15 is 0 Å². The molecule has 6 heteroatoms. The smallest absolute Gasteiger partial charge is 0.152 e. The molecule has 1 aliphatic rings. The summed E-state index contributed by atoms with van der Waals surface area (Å²) in [5.41, 5.74) is 2.13.